The molecule has 3 unspecified atom stereocenters. The molecule has 46 heavy (non-hydrogen) atoms. The fraction of sp³-hybridized carbons (Fsp3) is 0.294. The lowest BCUT2D eigenvalue weighted by atomic mass is 9.97. The second-order valence-corrected chi connectivity index (χ2v) is 11.1. The van der Waals surface area contributed by atoms with Crippen LogP contribution in [0.3, 0.4) is 0 Å². The number of hydrogen-bond acceptors (Lipinski definition) is 9. The standard InChI is InChI=1S/C34H37N5O7/c1-21(2)17-26(31(41)30-5-4-16-46-30)37-32(42)27(18-22-6-10-24(40)11-7-22)38-33(43)28(19-23-8-12-25(45-3)13-9-23)39-34(44)29-20-35-14-15-36-29/h4-16,20-21,26-28,40H,17-19H2,1-3H3,(H,37,42)(H,38,43)(H,39,44). The second kappa shape index (κ2) is 16.0. The van der Waals surface area contributed by atoms with Gasteiger partial charge in [0.1, 0.15) is 29.3 Å². The lowest BCUT2D eigenvalue weighted by Gasteiger charge is -2.26. The van der Waals surface area contributed by atoms with Crippen LogP contribution in [0.1, 0.15) is 52.4 Å². The van der Waals surface area contributed by atoms with Crippen LogP contribution in [-0.4, -0.2) is 63.8 Å². The van der Waals surface area contributed by atoms with E-state index in [9.17, 15) is 24.3 Å². The lowest BCUT2D eigenvalue weighted by molar-refractivity contribution is -0.130. The van der Waals surface area contributed by atoms with Gasteiger partial charge in [-0.05, 0) is 59.9 Å². The summed E-state index contributed by atoms with van der Waals surface area (Å²) in [7, 11) is 1.54. The molecule has 0 aliphatic carbocycles. The number of aromatic nitrogens is 2. The van der Waals surface area contributed by atoms with E-state index in [0.717, 1.165) is 5.56 Å². The van der Waals surface area contributed by atoms with Crippen molar-refractivity contribution in [3.05, 3.63) is 108 Å². The Bertz CT molecular complexity index is 1590. The minimum Gasteiger partial charge on any atom is -0.508 e. The number of hydrogen-bond donors (Lipinski definition) is 4. The van der Waals surface area contributed by atoms with Crippen molar-refractivity contribution in [2.45, 2.75) is 51.2 Å². The third-order valence-corrected chi connectivity index (χ3v) is 7.13. The Morgan fingerprint density at radius 1 is 0.826 bits per heavy atom. The molecule has 0 radical (unpaired) electrons. The lowest BCUT2D eigenvalue weighted by Crippen LogP contribution is -2.57. The Kier molecular flexibility index (Phi) is 11.6. The summed E-state index contributed by atoms with van der Waals surface area (Å²) < 4.78 is 10.5. The maximum absolute atomic E-state index is 13.9. The van der Waals surface area contributed by atoms with Crippen molar-refractivity contribution >= 4 is 23.5 Å². The molecule has 4 aromatic rings. The Morgan fingerprint density at radius 2 is 1.43 bits per heavy atom. The Labute approximate surface area is 266 Å². The molecule has 240 valence electrons. The van der Waals surface area contributed by atoms with Crippen LogP contribution in [0.25, 0.3) is 0 Å². The fourth-order valence-electron chi connectivity index (χ4n) is 4.77. The molecule has 0 spiro atoms. The second-order valence-electron chi connectivity index (χ2n) is 11.1. The monoisotopic (exact) mass is 627 g/mol. The number of phenols is 1. The number of ether oxygens (including phenoxy) is 1. The predicted molar refractivity (Wildman–Crippen MR) is 168 cm³/mol. The molecular formula is C34H37N5O7. The van der Waals surface area contributed by atoms with Crippen molar-refractivity contribution in [2.75, 3.05) is 7.11 Å². The van der Waals surface area contributed by atoms with E-state index in [1.807, 2.05) is 13.8 Å². The number of rotatable bonds is 15. The molecule has 0 bridgehead atoms. The van der Waals surface area contributed by atoms with Gasteiger partial charge in [-0.1, -0.05) is 38.1 Å². The average Bonchev–Trinajstić information content (AvgIpc) is 3.60. The van der Waals surface area contributed by atoms with Crippen molar-refractivity contribution in [3.8, 4) is 11.5 Å². The highest BCUT2D eigenvalue weighted by Gasteiger charge is 2.31. The van der Waals surface area contributed by atoms with Crippen LogP contribution >= 0.6 is 0 Å². The molecule has 2 aromatic carbocycles. The number of nitrogens with zero attached hydrogens (tertiary/aromatic N) is 2. The Hall–Kier alpha value is -5.52. The van der Waals surface area contributed by atoms with Gasteiger partial charge in [-0.25, -0.2) is 4.98 Å². The summed E-state index contributed by atoms with van der Waals surface area (Å²) in [6.45, 7) is 3.85. The molecule has 0 aliphatic heterocycles. The third-order valence-electron chi connectivity index (χ3n) is 7.13. The molecule has 0 fully saturated rings. The molecule has 2 aromatic heterocycles. The van der Waals surface area contributed by atoms with Gasteiger partial charge >= 0.3 is 0 Å². The van der Waals surface area contributed by atoms with Gasteiger partial charge in [0.2, 0.25) is 17.6 Å². The van der Waals surface area contributed by atoms with Crippen molar-refractivity contribution in [1.82, 2.24) is 25.9 Å². The number of Topliss-reactive ketones (excluding diaryl/α,β-unsaturated/α-hetero) is 1. The SMILES string of the molecule is COc1ccc(CC(NC(=O)c2cnccn2)C(=O)NC(Cc2ccc(O)cc2)C(=O)NC(CC(C)C)C(=O)c2ccco2)cc1. The third kappa shape index (κ3) is 9.49. The first-order valence-electron chi connectivity index (χ1n) is 14.8. The highest BCUT2D eigenvalue weighted by atomic mass is 16.5. The van der Waals surface area contributed by atoms with Crippen molar-refractivity contribution < 1.29 is 33.4 Å². The van der Waals surface area contributed by atoms with Crippen LogP contribution in [0.15, 0.2) is 89.9 Å². The molecular weight excluding hydrogens is 590 g/mol. The number of amides is 3. The zero-order valence-corrected chi connectivity index (χ0v) is 25.8. The molecule has 12 nitrogen and oxygen atoms in total. The maximum Gasteiger partial charge on any atom is 0.272 e. The van der Waals surface area contributed by atoms with Crippen LogP contribution in [0, 0.1) is 5.92 Å². The van der Waals surface area contributed by atoms with E-state index in [0.29, 0.717) is 17.7 Å². The van der Waals surface area contributed by atoms with Gasteiger partial charge in [0.25, 0.3) is 5.91 Å². The zero-order chi connectivity index (χ0) is 33.1. The Morgan fingerprint density at radius 3 is 1.98 bits per heavy atom. The van der Waals surface area contributed by atoms with E-state index >= 15 is 0 Å². The molecule has 0 aliphatic rings. The summed E-state index contributed by atoms with van der Waals surface area (Å²) in [6, 6.07) is 13.2. The van der Waals surface area contributed by atoms with E-state index in [2.05, 4.69) is 25.9 Å². The van der Waals surface area contributed by atoms with Gasteiger partial charge in [-0.3, -0.25) is 24.2 Å². The molecule has 4 rings (SSSR count). The minimum absolute atomic E-state index is 0.0152. The molecule has 4 N–H and O–H groups in total. The molecule has 3 amide bonds. The van der Waals surface area contributed by atoms with E-state index in [4.69, 9.17) is 9.15 Å². The number of ketones is 1. The van der Waals surface area contributed by atoms with Gasteiger partial charge in [0.05, 0.1) is 25.6 Å². The summed E-state index contributed by atoms with van der Waals surface area (Å²) in [6.07, 6.45) is 5.91. The first-order valence-corrected chi connectivity index (χ1v) is 14.8. The maximum atomic E-state index is 13.9. The summed E-state index contributed by atoms with van der Waals surface area (Å²) in [4.78, 5) is 62.0. The molecule has 2 heterocycles. The zero-order valence-electron chi connectivity index (χ0n) is 25.8. The van der Waals surface area contributed by atoms with Gasteiger partial charge in [0.15, 0.2) is 5.76 Å². The van der Waals surface area contributed by atoms with E-state index in [1.54, 1.807) is 49.6 Å². The number of aromatic hydroxyl groups is 1. The number of nitrogens with one attached hydrogen (secondary N) is 3. The average molecular weight is 628 g/mol. The minimum atomic E-state index is -1.15. The van der Waals surface area contributed by atoms with Crippen LogP contribution in [0.5, 0.6) is 11.5 Å². The number of benzene rings is 2. The quantitative estimate of drug-likeness (QED) is 0.144. The normalized spacial score (nSPS) is 12.9. The predicted octanol–water partition coefficient (Wildman–Crippen LogP) is 3.27. The van der Waals surface area contributed by atoms with Gasteiger partial charge in [0, 0.05) is 25.2 Å². The first kappa shape index (κ1) is 33.4. The number of carbonyl (C=O) groups is 4. The van der Waals surface area contributed by atoms with Crippen LogP contribution in [0.4, 0.5) is 0 Å². The van der Waals surface area contributed by atoms with E-state index in [1.165, 1.54) is 43.1 Å². The van der Waals surface area contributed by atoms with Crippen LogP contribution in [-0.2, 0) is 22.4 Å². The van der Waals surface area contributed by atoms with Gasteiger partial charge in [-0.15, -0.1) is 0 Å². The molecule has 12 heteroatoms. The summed E-state index contributed by atoms with van der Waals surface area (Å²) >= 11 is 0. The van der Waals surface area contributed by atoms with Crippen LogP contribution in [0.2, 0.25) is 0 Å². The smallest absolute Gasteiger partial charge is 0.272 e. The summed E-state index contributed by atoms with van der Waals surface area (Å²) in [5, 5.41) is 18.1. The summed E-state index contributed by atoms with van der Waals surface area (Å²) in [5.41, 5.74) is 1.38. The number of methoxy groups -OCH3 is 1. The van der Waals surface area contributed by atoms with Crippen molar-refractivity contribution in [2.24, 2.45) is 5.92 Å². The number of phenolic OH excluding ortho intramolecular Hbond substituents is 1. The topological polar surface area (TPSA) is 173 Å². The van der Waals surface area contributed by atoms with Crippen LogP contribution < -0.4 is 20.7 Å². The van der Waals surface area contributed by atoms with Gasteiger partial charge < -0.3 is 30.2 Å². The largest absolute Gasteiger partial charge is 0.508 e. The fourth-order valence-corrected chi connectivity index (χ4v) is 4.77. The highest BCUT2D eigenvalue weighted by molar-refractivity contribution is 6.01. The van der Waals surface area contributed by atoms with E-state index < -0.39 is 41.6 Å². The van der Waals surface area contributed by atoms with Gasteiger partial charge in [-0.2, -0.15) is 0 Å². The first-order chi connectivity index (χ1) is 22.1. The molecule has 3 atom stereocenters. The van der Waals surface area contributed by atoms with E-state index in [-0.39, 0.29) is 36.0 Å². The molecule has 0 saturated carbocycles. The molecule has 0 saturated heterocycles. The highest BCUT2D eigenvalue weighted by Crippen LogP contribution is 2.16. The van der Waals surface area contributed by atoms with Crippen molar-refractivity contribution in [1.29, 1.82) is 0 Å². The number of carbonyl (C=O) groups excluding carboxylic acids is 4. The Balaban J connectivity index is 1.61. The summed E-state index contributed by atoms with van der Waals surface area (Å²) in [5.74, 6) is -1.42. The number of furan rings is 1. The van der Waals surface area contributed by atoms with Crippen molar-refractivity contribution in [3.63, 3.8) is 0 Å².